The molecule has 0 aliphatic heterocycles. The van der Waals surface area contributed by atoms with Crippen molar-refractivity contribution in [1.29, 1.82) is 0 Å². The van der Waals surface area contributed by atoms with E-state index >= 15 is 0 Å². The number of benzene rings is 1. The Bertz CT molecular complexity index is 626. The van der Waals surface area contributed by atoms with E-state index in [0.29, 0.717) is 17.8 Å². The first-order valence-corrected chi connectivity index (χ1v) is 8.22. The summed E-state index contributed by atoms with van der Waals surface area (Å²) in [6.07, 6.45) is 2.88. The maximum absolute atomic E-state index is 12.1. The number of hydrogen-bond donors (Lipinski definition) is 4. The maximum atomic E-state index is 12.1. The van der Waals surface area contributed by atoms with Gasteiger partial charge in [-0.05, 0) is 43.9 Å². The third-order valence-electron chi connectivity index (χ3n) is 3.64. The van der Waals surface area contributed by atoms with Crippen LogP contribution in [0.25, 0.3) is 0 Å². The smallest absolute Gasteiger partial charge is 0.319 e. The molecular formula is C17H24N4O3. The summed E-state index contributed by atoms with van der Waals surface area (Å²) >= 11 is 0. The van der Waals surface area contributed by atoms with Crippen LogP contribution in [0.4, 0.5) is 10.5 Å². The normalized spacial score (nSPS) is 13.1. The first kappa shape index (κ1) is 17.8. The monoisotopic (exact) mass is 332 g/mol. The molecule has 4 N–H and O–H groups in total. The van der Waals surface area contributed by atoms with E-state index in [2.05, 4.69) is 21.3 Å². The zero-order valence-corrected chi connectivity index (χ0v) is 14.1. The largest absolute Gasteiger partial charge is 0.355 e. The fourth-order valence-corrected chi connectivity index (χ4v) is 2.05. The Morgan fingerprint density at radius 1 is 1.17 bits per heavy atom. The number of carbonyl (C=O) groups is 3. The van der Waals surface area contributed by atoms with E-state index in [-0.39, 0.29) is 24.4 Å². The average molecular weight is 332 g/mol. The van der Waals surface area contributed by atoms with Crippen LogP contribution >= 0.6 is 0 Å². The number of hydrogen-bond acceptors (Lipinski definition) is 3. The van der Waals surface area contributed by atoms with Crippen LogP contribution in [-0.4, -0.2) is 37.0 Å². The highest BCUT2D eigenvalue weighted by atomic mass is 16.2. The lowest BCUT2D eigenvalue weighted by Crippen LogP contribution is -2.39. The Balaban J connectivity index is 1.89. The minimum absolute atomic E-state index is 0.0905. The van der Waals surface area contributed by atoms with Gasteiger partial charge in [0.1, 0.15) is 0 Å². The molecule has 1 aromatic carbocycles. The Morgan fingerprint density at radius 3 is 2.58 bits per heavy atom. The van der Waals surface area contributed by atoms with Gasteiger partial charge in [-0.25, -0.2) is 4.79 Å². The van der Waals surface area contributed by atoms with E-state index < -0.39 is 6.03 Å². The minimum atomic E-state index is -0.482. The summed E-state index contributed by atoms with van der Waals surface area (Å²) in [6, 6.07) is 4.95. The van der Waals surface area contributed by atoms with E-state index in [1.54, 1.807) is 18.2 Å². The third-order valence-corrected chi connectivity index (χ3v) is 3.64. The number of amides is 4. The van der Waals surface area contributed by atoms with E-state index in [4.69, 9.17) is 0 Å². The highest BCUT2D eigenvalue weighted by molar-refractivity contribution is 5.98. The van der Waals surface area contributed by atoms with Gasteiger partial charge in [0.15, 0.2) is 0 Å². The van der Waals surface area contributed by atoms with Crippen molar-refractivity contribution in [3.8, 4) is 0 Å². The molecule has 0 aromatic heterocycles. The topological polar surface area (TPSA) is 99.3 Å². The highest BCUT2D eigenvalue weighted by Gasteiger charge is 2.24. The van der Waals surface area contributed by atoms with Gasteiger partial charge >= 0.3 is 6.03 Å². The van der Waals surface area contributed by atoms with Gasteiger partial charge in [0.2, 0.25) is 5.91 Å². The van der Waals surface area contributed by atoms with Crippen LogP contribution in [-0.2, 0) is 4.79 Å². The molecule has 1 aromatic rings. The summed E-state index contributed by atoms with van der Waals surface area (Å²) in [5.41, 5.74) is 1.89. The molecule has 130 valence electrons. The Morgan fingerprint density at radius 2 is 1.92 bits per heavy atom. The summed E-state index contributed by atoms with van der Waals surface area (Å²) in [5, 5.41) is 10.8. The molecule has 0 spiro atoms. The molecule has 0 radical (unpaired) electrons. The molecule has 4 amide bonds. The van der Waals surface area contributed by atoms with E-state index in [0.717, 1.165) is 24.8 Å². The molecule has 0 atom stereocenters. The molecule has 7 heteroatoms. The van der Waals surface area contributed by atoms with Gasteiger partial charge < -0.3 is 21.3 Å². The second kappa shape index (κ2) is 8.33. The molecule has 0 saturated heterocycles. The zero-order chi connectivity index (χ0) is 17.5. The molecule has 1 fully saturated rings. The molecular weight excluding hydrogens is 308 g/mol. The molecule has 0 heterocycles. The van der Waals surface area contributed by atoms with E-state index in [1.165, 1.54) is 0 Å². The van der Waals surface area contributed by atoms with E-state index in [1.807, 2.05) is 13.8 Å². The summed E-state index contributed by atoms with van der Waals surface area (Å²) in [5.74, 6) is -0.374. The molecule has 7 nitrogen and oxygen atoms in total. The number of urea groups is 1. The number of aryl methyl sites for hydroxylation is 1. The van der Waals surface area contributed by atoms with Gasteiger partial charge in [-0.15, -0.1) is 0 Å². The molecule has 0 unspecified atom stereocenters. The summed E-state index contributed by atoms with van der Waals surface area (Å²) in [7, 11) is 0. The molecule has 1 saturated carbocycles. The molecule has 0 bridgehead atoms. The molecule has 1 aliphatic carbocycles. The Hall–Kier alpha value is -2.57. The predicted octanol–water partition coefficient (Wildman–Crippen LogP) is 1.53. The Labute approximate surface area is 141 Å². The van der Waals surface area contributed by atoms with Crippen molar-refractivity contribution in [2.24, 2.45) is 0 Å². The van der Waals surface area contributed by atoms with Crippen LogP contribution < -0.4 is 21.3 Å². The van der Waals surface area contributed by atoms with Crippen LogP contribution in [0.3, 0.4) is 0 Å². The van der Waals surface area contributed by atoms with E-state index in [9.17, 15) is 14.4 Å². The summed E-state index contributed by atoms with van der Waals surface area (Å²) < 4.78 is 0. The number of rotatable bonds is 7. The average Bonchev–Trinajstić information content (AvgIpc) is 3.36. The van der Waals surface area contributed by atoms with Crippen LogP contribution in [0, 0.1) is 6.92 Å². The van der Waals surface area contributed by atoms with Crippen LogP contribution in [0.5, 0.6) is 0 Å². The van der Waals surface area contributed by atoms with Crippen molar-refractivity contribution in [2.75, 3.05) is 18.4 Å². The standard InChI is InChI=1S/C17H24N4O3/c1-3-8-18-15(22)10-19-17(24)21-14-9-12(5-4-11(14)2)16(23)20-13-6-7-13/h4-5,9,13H,3,6-8,10H2,1-2H3,(H,18,22)(H,20,23)(H2,19,21,24). The van der Waals surface area contributed by atoms with Gasteiger partial charge in [-0.2, -0.15) is 0 Å². The summed E-state index contributed by atoms with van der Waals surface area (Å²) in [4.78, 5) is 35.4. The fourth-order valence-electron chi connectivity index (χ4n) is 2.05. The van der Waals surface area contributed by atoms with Crippen molar-refractivity contribution in [3.05, 3.63) is 29.3 Å². The van der Waals surface area contributed by atoms with Gasteiger partial charge in [0, 0.05) is 23.8 Å². The van der Waals surface area contributed by atoms with Gasteiger partial charge in [-0.3, -0.25) is 9.59 Å². The lowest BCUT2D eigenvalue weighted by molar-refractivity contribution is -0.120. The van der Waals surface area contributed by atoms with Crippen molar-refractivity contribution in [1.82, 2.24) is 16.0 Å². The van der Waals surface area contributed by atoms with Crippen LogP contribution in [0.2, 0.25) is 0 Å². The highest BCUT2D eigenvalue weighted by Crippen LogP contribution is 2.21. The molecule has 2 rings (SSSR count). The molecule has 24 heavy (non-hydrogen) atoms. The van der Waals surface area contributed by atoms with Gasteiger partial charge in [0.05, 0.1) is 6.54 Å². The van der Waals surface area contributed by atoms with Gasteiger partial charge in [0.25, 0.3) is 5.91 Å². The zero-order valence-electron chi connectivity index (χ0n) is 14.1. The van der Waals surface area contributed by atoms with Crippen molar-refractivity contribution in [3.63, 3.8) is 0 Å². The first-order chi connectivity index (χ1) is 11.5. The van der Waals surface area contributed by atoms with Crippen LogP contribution in [0.15, 0.2) is 18.2 Å². The number of nitrogens with one attached hydrogen (secondary N) is 4. The second-order valence-electron chi connectivity index (χ2n) is 5.94. The third kappa shape index (κ3) is 5.57. The minimum Gasteiger partial charge on any atom is -0.355 e. The van der Waals surface area contributed by atoms with Crippen LogP contribution in [0.1, 0.15) is 42.1 Å². The number of anilines is 1. The quantitative estimate of drug-likeness (QED) is 0.609. The Kier molecular flexibility index (Phi) is 6.17. The number of carbonyl (C=O) groups excluding carboxylic acids is 3. The van der Waals surface area contributed by atoms with Gasteiger partial charge in [-0.1, -0.05) is 13.0 Å². The maximum Gasteiger partial charge on any atom is 0.319 e. The van der Waals surface area contributed by atoms with Crippen molar-refractivity contribution in [2.45, 2.75) is 39.2 Å². The second-order valence-corrected chi connectivity index (χ2v) is 5.94. The lowest BCUT2D eigenvalue weighted by Gasteiger charge is -2.12. The predicted molar refractivity (Wildman–Crippen MR) is 92.0 cm³/mol. The van der Waals surface area contributed by atoms with Crippen molar-refractivity contribution < 1.29 is 14.4 Å². The first-order valence-electron chi connectivity index (χ1n) is 8.22. The summed E-state index contributed by atoms with van der Waals surface area (Å²) in [6.45, 7) is 4.29. The van der Waals surface area contributed by atoms with Crippen molar-refractivity contribution >= 4 is 23.5 Å². The SMILES string of the molecule is CCCNC(=O)CNC(=O)Nc1cc(C(=O)NC2CC2)ccc1C. The fraction of sp³-hybridized carbons (Fsp3) is 0.471. The lowest BCUT2D eigenvalue weighted by atomic mass is 10.1. The molecule has 1 aliphatic rings.